The van der Waals surface area contributed by atoms with E-state index in [4.69, 9.17) is 4.74 Å². The van der Waals surface area contributed by atoms with E-state index in [2.05, 4.69) is 74.7 Å². The van der Waals surface area contributed by atoms with E-state index in [0.29, 0.717) is 19.3 Å². The molecular formula is C54H95NO5. The molecule has 0 bridgehead atoms. The first kappa shape index (κ1) is 57.3. The van der Waals surface area contributed by atoms with Gasteiger partial charge in [-0.25, -0.2) is 0 Å². The highest BCUT2D eigenvalue weighted by Gasteiger charge is 2.24. The predicted molar refractivity (Wildman–Crippen MR) is 259 cm³/mol. The lowest BCUT2D eigenvalue weighted by atomic mass is 10.0. The van der Waals surface area contributed by atoms with E-state index >= 15 is 0 Å². The molecule has 6 nitrogen and oxygen atoms in total. The first-order chi connectivity index (χ1) is 29.5. The van der Waals surface area contributed by atoms with Crippen LogP contribution in [0.5, 0.6) is 0 Å². The van der Waals surface area contributed by atoms with Gasteiger partial charge in [-0.1, -0.05) is 222 Å². The van der Waals surface area contributed by atoms with Gasteiger partial charge < -0.3 is 20.3 Å². The molecule has 6 heteroatoms. The summed E-state index contributed by atoms with van der Waals surface area (Å²) in [4.78, 5) is 26.1. The van der Waals surface area contributed by atoms with Crippen molar-refractivity contribution < 1.29 is 24.5 Å². The van der Waals surface area contributed by atoms with Gasteiger partial charge in [0.1, 0.15) is 6.10 Å². The molecule has 0 fully saturated rings. The third-order valence-electron chi connectivity index (χ3n) is 11.1. The van der Waals surface area contributed by atoms with Crippen molar-refractivity contribution in [1.29, 1.82) is 0 Å². The first-order valence-corrected chi connectivity index (χ1v) is 25.2. The maximum absolute atomic E-state index is 13.2. The number of carbonyl (C=O) groups is 2. The van der Waals surface area contributed by atoms with Crippen molar-refractivity contribution in [3.05, 3.63) is 72.9 Å². The third kappa shape index (κ3) is 42.0. The number of aliphatic hydroxyl groups is 2. The number of hydrogen-bond acceptors (Lipinski definition) is 5. The zero-order valence-corrected chi connectivity index (χ0v) is 39.3. The highest BCUT2D eigenvalue weighted by molar-refractivity contribution is 5.77. The standard InChI is InChI=1S/C54H95NO5/c1-4-7-10-13-16-19-22-25-26-27-29-30-33-36-39-42-45-50(60-54(59)47-44-41-38-35-32-28-23-20-17-14-11-8-5-2)48-53(58)55-51(49-56)52(57)46-43-40-37-34-31-24-21-18-15-12-9-6-3/h16,19,22,25-30,32,38,41,50-52,56-57H,4-15,17-18,20-21,23-24,31,33-37,39-40,42-49H2,1-3H3,(H,55,58)/b19-16+,25-22+,27-26+,30-29+,32-28-,41-38+. The molecular weight excluding hydrogens is 743 g/mol. The van der Waals surface area contributed by atoms with Crippen LogP contribution >= 0.6 is 0 Å². The molecule has 0 aliphatic heterocycles. The van der Waals surface area contributed by atoms with Crippen LogP contribution in [-0.2, 0) is 14.3 Å². The average molecular weight is 838 g/mol. The number of nitrogens with one attached hydrogen (secondary N) is 1. The summed E-state index contributed by atoms with van der Waals surface area (Å²) in [5.41, 5.74) is 0. The lowest BCUT2D eigenvalue weighted by molar-refractivity contribution is -0.150. The van der Waals surface area contributed by atoms with E-state index in [1.807, 2.05) is 24.3 Å². The van der Waals surface area contributed by atoms with E-state index in [0.717, 1.165) is 64.2 Å². The van der Waals surface area contributed by atoms with Crippen LogP contribution in [0.3, 0.4) is 0 Å². The van der Waals surface area contributed by atoms with Crippen LogP contribution < -0.4 is 5.32 Å². The molecule has 0 aliphatic rings. The van der Waals surface area contributed by atoms with Crippen LogP contribution in [0.1, 0.15) is 233 Å². The zero-order valence-electron chi connectivity index (χ0n) is 39.3. The maximum Gasteiger partial charge on any atom is 0.306 e. The van der Waals surface area contributed by atoms with Crippen molar-refractivity contribution in [3.8, 4) is 0 Å². The monoisotopic (exact) mass is 838 g/mol. The summed E-state index contributed by atoms with van der Waals surface area (Å²) in [5.74, 6) is -0.596. The Morgan fingerprint density at radius 3 is 1.47 bits per heavy atom. The largest absolute Gasteiger partial charge is 0.462 e. The van der Waals surface area contributed by atoms with Gasteiger partial charge in [0.2, 0.25) is 5.91 Å². The van der Waals surface area contributed by atoms with Gasteiger partial charge in [-0.15, -0.1) is 0 Å². The molecule has 0 heterocycles. The highest BCUT2D eigenvalue weighted by atomic mass is 16.5. The molecule has 0 rings (SSSR count). The van der Waals surface area contributed by atoms with Gasteiger partial charge in [-0.3, -0.25) is 9.59 Å². The third-order valence-corrected chi connectivity index (χ3v) is 11.1. The average Bonchev–Trinajstić information content (AvgIpc) is 3.24. The lowest BCUT2D eigenvalue weighted by Gasteiger charge is -2.24. The number of allylic oxidation sites excluding steroid dienone is 12. The number of hydrogen-bond donors (Lipinski definition) is 3. The van der Waals surface area contributed by atoms with Gasteiger partial charge in [0.05, 0.1) is 25.2 Å². The molecule has 1 amide bonds. The van der Waals surface area contributed by atoms with Gasteiger partial charge >= 0.3 is 5.97 Å². The van der Waals surface area contributed by atoms with Crippen molar-refractivity contribution >= 4 is 11.9 Å². The fourth-order valence-corrected chi connectivity index (χ4v) is 7.26. The molecule has 346 valence electrons. The molecule has 0 spiro atoms. The quantitative estimate of drug-likeness (QED) is 0.0246. The zero-order chi connectivity index (χ0) is 43.8. The van der Waals surface area contributed by atoms with Gasteiger partial charge in [0.25, 0.3) is 0 Å². The fourth-order valence-electron chi connectivity index (χ4n) is 7.26. The molecule has 0 aromatic rings. The van der Waals surface area contributed by atoms with Gasteiger partial charge in [0.15, 0.2) is 0 Å². The summed E-state index contributed by atoms with van der Waals surface area (Å²) in [5, 5.41) is 23.7. The van der Waals surface area contributed by atoms with Crippen molar-refractivity contribution in [3.63, 3.8) is 0 Å². The van der Waals surface area contributed by atoms with Crippen LogP contribution in [-0.4, -0.2) is 46.9 Å². The second-order valence-electron chi connectivity index (χ2n) is 17.0. The van der Waals surface area contributed by atoms with Crippen molar-refractivity contribution in [2.75, 3.05) is 6.61 Å². The Morgan fingerprint density at radius 1 is 0.500 bits per heavy atom. The summed E-state index contributed by atoms with van der Waals surface area (Å²) in [6.45, 7) is 6.40. The smallest absolute Gasteiger partial charge is 0.306 e. The second kappa shape index (κ2) is 47.4. The molecule has 0 aromatic heterocycles. The number of amides is 1. The van der Waals surface area contributed by atoms with Crippen LogP contribution in [0, 0.1) is 0 Å². The maximum atomic E-state index is 13.2. The lowest BCUT2D eigenvalue weighted by Crippen LogP contribution is -2.46. The summed E-state index contributed by atoms with van der Waals surface area (Å²) in [6.07, 6.45) is 59.6. The van der Waals surface area contributed by atoms with E-state index in [9.17, 15) is 19.8 Å². The molecule has 0 saturated carbocycles. The Hall–Kier alpha value is -2.70. The van der Waals surface area contributed by atoms with Crippen molar-refractivity contribution in [1.82, 2.24) is 5.32 Å². The molecule has 0 aliphatic carbocycles. The Bertz CT molecular complexity index is 1120. The predicted octanol–water partition coefficient (Wildman–Crippen LogP) is 15.0. The summed E-state index contributed by atoms with van der Waals surface area (Å²) < 4.78 is 5.87. The SMILES string of the molecule is CCCCC/C=C/C=C/C=C/C=C/CCCCCC(CC(=O)NC(CO)C(O)CCCCCCCCCCCCCC)OC(=O)CC/C=C/C/C=C\CCCCCCCC. The number of unbranched alkanes of at least 4 members (excludes halogenated alkanes) is 23. The Balaban J connectivity index is 4.77. The van der Waals surface area contributed by atoms with E-state index in [-0.39, 0.29) is 31.3 Å². The first-order valence-electron chi connectivity index (χ1n) is 25.2. The summed E-state index contributed by atoms with van der Waals surface area (Å²) >= 11 is 0. The topological polar surface area (TPSA) is 95.9 Å². The van der Waals surface area contributed by atoms with E-state index in [1.54, 1.807) is 0 Å². The number of carbonyl (C=O) groups excluding carboxylic acids is 2. The second-order valence-corrected chi connectivity index (χ2v) is 17.0. The molecule has 0 aromatic carbocycles. The highest BCUT2D eigenvalue weighted by Crippen LogP contribution is 2.16. The number of rotatable bonds is 44. The molecule has 0 saturated heterocycles. The van der Waals surface area contributed by atoms with Crippen molar-refractivity contribution in [2.45, 2.75) is 251 Å². The van der Waals surface area contributed by atoms with E-state index in [1.165, 1.54) is 116 Å². The summed E-state index contributed by atoms with van der Waals surface area (Å²) in [7, 11) is 0. The van der Waals surface area contributed by atoms with Crippen LogP contribution in [0.4, 0.5) is 0 Å². The minimum absolute atomic E-state index is 0.0267. The minimum Gasteiger partial charge on any atom is -0.462 e. The number of esters is 1. The fraction of sp³-hybridized carbons (Fsp3) is 0.741. The molecule has 3 unspecified atom stereocenters. The number of aliphatic hydroxyl groups excluding tert-OH is 2. The van der Waals surface area contributed by atoms with Gasteiger partial charge in [0, 0.05) is 6.42 Å². The molecule has 0 radical (unpaired) electrons. The summed E-state index contributed by atoms with van der Waals surface area (Å²) in [6, 6.07) is -0.727. The van der Waals surface area contributed by atoms with Crippen LogP contribution in [0.2, 0.25) is 0 Å². The molecule has 60 heavy (non-hydrogen) atoms. The van der Waals surface area contributed by atoms with Crippen LogP contribution in [0.15, 0.2) is 72.9 Å². The molecule has 3 N–H and O–H groups in total. The normalized spacial score (nSPS) is 13.9. The van der Waals surface area contributed by atoms with E-state index < -0.39 is 18.2 Å². The Kier molecular flexibility index (Phi) is 45.2. The number of ether oxygens (including phenoxy) is 1. The Morgan fingerprint density at radius 2 is 0.917 bits per heavy atom. The van der Waals surface area contributed by atoms with Crippen LogP contribution in [0.25, 0.3) is 0 Å². The molecule has 3 atom stereocenters. The minimum atomic E-state index is -0.809. The van der Waals surface area contributed by atoms with Gasteiger partial charge in [-0.05, 0) is 70.6 Å². The van der Waals surface area contributed by atoms with Gasteiger partial charge in [-0.2, -0.15) is 0 Å². The van der Waals surface area contributed by atoms with Crippen molar-refractivity contribution in [2.24, 2.45) is 0 Å². The Labute approximate surface area is 371 Å².